The number of carbonyl (C=O) groups is 1. The number of hydrogen-bond acceptors (Lipinski definition) is 6. The number of rotatable bonds is 6. The van der Waals surface area contributed by atoms with E-state index in [1.165, 1.54) is 0 Å². The largest absolute Gasteiger partial charge is 0.360 e. The molecule has 5 aromatic rings. The van der Waals surface area contributed by atoms with Gasteiger partial charge in [0.05, 0.1) is 26.9 Å². The Bertz CT molecular complexity index is 1820. The molecular formula is C34H37ClN4O2S. The summed E-state index contributed by atoms with van der Waals surface area (Å²) >= 11 is 7.94. The Morgan fingerprint density at radius 3 is 2.40 bits per heavy atom. The number of likely N-dealkylation sites (N-methyl/N-ethyl adjacent to an activating group) is 1. The van der Waals surface area contributed by atoms with Crippen molar-refractivity contribution in [2.24, 2.45) is 0 Å². The topological polar surface area (TPSA) is 60.2 Å². The molecule has 1 saturated heterocycles. The van der Waals surface area contributed by atoms with Crippen molar-refractivity contribution in [2.75, 3.05) is 20.1 Å². The van der Waals surface area contributed by atoms with Gasteiger partial charge in [0, 0.05) is 34.3 Å². The van der Waals surface area contributed by atoms with Gasteiger partial charge in [-0.3, -0.25) is 4.79 Å². The molecule has 6 rings (SSSR count). The summed E-state index contributed by atoms with van der Waals surface area (Å²) < 4.78 is 9.84. The van der Waals surface area contributed by atoms with Crippen LogP contribution in [-0.2, 0) is 9.53 Å². The van der Waals surface area contributed by atoms with Gasteiger partial charge in [0.1, 0.15) is 16.9 Å². The van der Waals surface area contributed by atoms with Crippen LogP contribution >= 0.6 is 22.9 Å². The fourth-order valence-corrected chi connectivity index (χ4v) is 7.45. The number of aryl methyl sites for hydroxylation is 2. The molecule has 0 N–H and O–H groups in total. The van der Waals surface area contributed by atoms with Crippen molar-refractivity contribution in [1.29, 1.82) is 0 Å². The van der Waals surface area contributed by atoms with Crippen LogP contribution in [0.15, 0.2) is 48.5 Å². The van der Waals surface area contributed by atoms with Crippen LogP contribution in [-0.4, -0.2) is 51.0 Å². The van der Waals surface area contributed by atoms with Gasteiger partial charge in [0.25, 0.3) is 0 Å². The highest BCUT2D eigenvalue weighted by Gasteiger charge is 2.31. The molecule has 3 aromatic carbocycles. The third-order valence-corrected chi connectivity index (χ3v) is 9.40. The van der Waals surface area contributed by atoms with Gasteiger partial charge in [-0.05, 0) is 109 Å². The number of ether oxygens (including phenoxy) is 1. The normalized spacial score (nSPS) is 17.0. The first kappa shape index (κ1) is 29.0. The van der Waals surface area contributed by atoms with E-state index in [-0.39, 0.29) is 5.78 Å². The first-order chi connectivity index (χ1) is 19.9. The van der Waals surface area contributed by atoms with Crippen LogP contribution < -0.4 is 0 Å². The maximum atomic E-state index is 13.1. The molecule has 8 heteroatoms. The summed E-state index contributed by atoms with van der Waals surface area (Å²) in [6, 6.07) is 16.8. The first-order valence-electron chi connectivity index (χ1n) is 14.5. The molecule has 2 aromatic heterocycles. The van der Waals surface area contributed by atoms with Crippen molar-refractivity contribution in [3.05, 3.63) is 70.5 Å². The van der Waals surface area contributed by atoms with E-state index in [1.54, 1.807) is 18.3 Å². The number of Topliss-reactive ketones (excluding diaryl/α,β-unsaturated/α-hetero) is 1. The predicted octanol–water partition coefficient (Wildman–Crippen LogP) is 8.57. The van der Waals surface area contributed by atoms with E-state index in [2.05, 4.69) is 47.7 Å². The number of thiazole rings is 1. The lowest BCUT2D eigenvalue weighted by Crippen LogP contribution is -2.27. The van der Waals surface area contributed by atoms with E-state index in [1.807, 2.05) is 52.0 Å². The molecule has 0 spiro atoms. The van der Waals surface area contributed by atoms with Crippen LogP contribution in [0, 0.1) is 13.8 Å². The average Bonchev–Trinajstić information content (AvgIpc) is 3.62. The van der Waals surface area contributed by atoms with Crippen LogP contribution in [0.25, 0.3) is 42.9 Å². The highest BCUT2D eigenvalue weighted by molar-refractivity contribution is 7.22. The molecule has 218 valence electrons. The molecule has 3 heterocycles. The molecule has 2 atom stereocenters. The molecule has 1 fully saturated rings. The lowest BCUT2D eigenvalue weighted by atomic mass is 9.90. The van der Waals surface area contributed by atoms with Crippen molar-refractivity contribution >= 4 is 50.0 Å². The summed E-state index contributed by atoms with van der Waals surface area (Å²) in [6.45, 7) is 13.8. The van der Waals surface area contributed by atoms with E-state index in [9.17, 15) is 4.79 Å². The Morgan fingerprint density at radius 1 is 1.05 bits per heavy atom. The molecule has 0 aliphatic carbocycles. The van der Waals surface area contributed by atoms with E-state index in [4.69, 9.17) is 26.3 Å². The number of imidazole rings is 1. The summed E-state index contributed by atoms with van der Waals surface area (Å²) in [4.78, 5) is 25.5. The minimum absolute atomic E-state index is 0.0287. The highest BCUT2D eigenvalue weighted by Crippen LogP contribution is 2.45. The van der Waals surface area contributed by atoms with Crippen LogP contribution in [0.5, 0.6) is 0 Å². The number of ketones is 1. The number of carbonyl (C=O) groups excluding carboxylic acids is 1. The monoisotopic (exact) mass is 600 g/mol. The second kappa shape index (κ2) is 10.9. The zero-order chi connectivity index (χ0) is 29.9. The van der Waals surface area contributed by atoms with Crippen molar-refractivity contribution < 1.29 is 9.53 Å². The van der Waals surface area contributed by atoms with Gasteiger partial charge in [0.15, 0.2) is 5.78 Å². The maximum absolute atomic E-state index is 13.1. The Morgan fingerprint density at radius 2 is 1.76 bits per heavy atom. The van der Waals surface area contributed by atoms with Crippen molar-refractivity contribution in [3.8, 4) is 21.7 Å². The van der Waals surface area contributed by atoms with Gasteiger partial charge >= 0.3 is 0 Å². The van der Waals surface area contributed by atoms with Crippen LogP contribution in [0.3, 0.4) is 0 Å². The van der Waals surface area contributed by atoms with E-state index in [0.29, 0.717) is 11.1 Å². The molecule has 1 aliphatic heterocycles. The van der Waals surface area contributed by atoms with Gasteiger partial charge in [-0.15, -0.1) is 11.3 Å². The Kier molecular flexibility index (Phi) is 7.50. The lowest BCUT2D eigenvalue weighted by Gasteiger charge is -2.29. The quantitative estimate of drug-likeness (QED) is 0.195. The third kappa shape index (κ3) is 5.39. The number of likely N-dealkylation sites (tertiary alicyclic amines) is 1. The molecule has 0 unspecified atom stereocenters. The number of fused-ring (bicyclic) bond motifs is 2. The zero-order valence-electron chi connectivity index (χ0n) is 25.3. The number of benzene rings is 3. The van der Waals surface area contributed by atoms with E-state index in [0.717, 1.165) is 79.4 Å². The fourth-order valence-electron chi connectivity index (χ4n) is 6.20. The van der Waals surface area contributed by atoms with Crippen LogP contribution in [0.4, 0.5) is 0 Å². The first-order valence-corrected chi connectivity index (χ1v) is 15.6. The van der Waals surface area contributed by atoms with Gasteiger partial charge in [-0.1, -0.05) is 23.7 Å². The molecule has 1 aliphatic rings. The molecule has 0 amide bonds. The second-order valence-corrected chi connectivity index (χ2v) is 13.9. The number of nitrogens with zero attached hydrogens (tertiary/aromatic N) is 4. The van der Waals surface area contributed by atoms with Gasteiger partial charge < -0.3 is 14.2 Å². The summed E-state index contributed by atoms with van der Waals surface area (Å²) in [5.41, 5.74) is 7.44. The number of halogens is 1. The SMILES string of the molecule is CC(=O)[C@@H](OC(C)(C)C)c1c(C)cc2nc(-c3ccc4nc(C)n([C@@H]5CCN(C)C5)c4c3)sc2c1-c1ccc(Cl)cc1. The average molecular weight is 601 g/mol. The summed E-state index contributed by atoms with van der Waals surface area (Å²) in [7, 11) is 2.18. The van der Waals surface area contributed by atoms with E-state index >= 15 is 0 Å². The van der Waals surface area contributed by atoms with Gasteiger partial charge in [-0.2, -0.15) is 0 Å². The smallest absolute Gasteiger partial charge is 0.163 e. The number of aromatic nitrogens is 3. The number of hydrogen-bond donors (Lipinski definition) is 0. The Labute approximate surface area is 256 Å². The fraction of sp³-hybridized carbons (Fsp3) is 0.382. The Balaban J connectivity index is 1.55. The molecule has 6 nitrogen and oxygen atoms in total. The summed E-state index contributed by atoms with van der Waals surface area (Å²) in [5, 5.41) is 1.60. The lowest BCUT2D eigenvalue weighted by molar-refractivity contribution is -0.138. The van der Waals surface area contributed by atoms with Gasteiger partial charge in [-0.25, -0.2) is 9.97 Å². The van der Waals surface area contributed by atoms with Crippen molar-refractivity contribution in [3.63, 3.8) is 0 Å². The van der Waals surface area contributed by atoms with Crippen molar-refractivity contribution in [1.82, 2.24) is 19.4 Å². The minimum atomic E-state index is -0.705. The molecular weight excluding hydrogens is 564 g/mol. The zero-order valence-corrected chi connectivity index (χ0v) is 26.9. The van der Waals surface area contributed by atoms with E-state index < -0.39 is 11.7 Å². The summed E-state index contributed by atoms with van der Waals surface area (Å²) in [5.74, 6) is 1.02. The molecule has 0 radical (unpaired) electrons. The molecule has 0 saturated carbocycles. The second-order valence-electron chi connectivity index (χ2n) is 12.5. The highest BCUT2D eigenvalue weighted by atomic mass is 35.5. The minimum Gasteiger partial charge on any atom is -0.360 e. The molecule has 0 bridgehead atoms. The van der Waals surface area contributed by atoms with Crippen LogP contribution in [0.2, 0.25) is 5.02 Å². The van der Waals surface area contributed by atoms with Crippen LogP contribution in [0.1, 0.15) is 63.2 Å². The Hall–Kier alpha value is -3.10. The third-order valence-electron chi connectivity index (χ3n) is 8.01. The predicted molar refractivity (Wildman–Crippen MR) is 174 cm³/mol. The summed E-state index contributed by atoms with van der Waals surface area (Å²) in [6.07, 6.45) is 0.415. The van der Waals surface area contributed by atoms with Crippen molar-refractivity contribution in [2.45, 2.75) is 65.7 Å². The molecule has 42 heavy (non-hydrogen) atoms. The standard InChI is InChI=1S/C34H37ClN4O2S/c1-19-16-27-32(30(22-8-11-24(35)12-9-22)29(19)31(20(2)40)41-34(4,5)6)42-33(37-27)23-10-13-26-28(17-23)39(21(3)36-26)25-14-15-38(7)18-25/h8-13,16-17,25,31H,14-15,18H2,1-7H3/t25-,31-/m1/s1. The van der Waals surface area contributed by atoms with Gasteiger partial charge in [0.2, 0.25) is 0 Å². The maximum Gasteiger partial charge on any atom is 0.163 e.